The summed E-state index contributed by atoms with van der Waals surface area (Å²) in [6.07, 6.45) is 1.79. The van der Waals surface area contributed by atoms with Gasteiger partial charge < -0.3 is 19.6 Å². The molecule has 6 nitrogen and oxygen atoms in total. The molecule has 2 aromatic carbocycles. The molecule has 3 atom stereocenters. The molecule has 0 saturated carbocycles. The van der Waals surface area contributed by atoms with E-state index in [0.717, 1.165) is 35.5 Å². The Balaban J connectivity index is 1.44. The number of β-lactam (4-membered cyclic amide) rings is 1. The second kappa shape index (κ2) is 7.22. The highest BCUT2D eigenvalue weighted by molar-refractivity contribution is 6.07. The van der Waals surface area contributed by atoms with E-state index in [1.807, 2.05) is 53.4 Å². The third kappa shape index (κ3) is 2.78. The van der Waals surface area contributed by atoms with E-state index in [0.29, 0.717) is 19.4 Å². The van der Waals surface area contributed by atoms with Crippen LogP contribution in [0.15, 0.2) is 48.5 Å². The van der Waals surface area contributed by atoms with Gasteiger partial charge in [0.15, 0.2) is 5.60 Å². The van der Waals surface area contributed by atoms with Crippen LogP contribution in [0.3, 0.4) is 0 Å². The zero-order valence-electron chi connectivity index (χ0n) is 17.1. The third-order valence-corrected chi connectivity index (χ3v) is 6.71. The summed E-state index contributed by atoms with van der Waals surface area (Å²) in [5.74, 6) is 0.157. The topological polar surface area (TPSA) is 70.1 Å². The first-order valence-corrected chi connectivity index (χ1v) is 10.6. The van der Waals surface area contributed by atoms with Crippen molar-refractivity contribution in [2.45, 2.75) is 44.4 Å². The van der Waals surface area contributed by atoms with E-state index in [9.17, 15) is 14.7 Å². The number of aliphatic hydroxyl groups is 1. The molecule has 5 rings (SSSR count). The van der Waals surface area contributed by atoms with Gasteiger partial charge in [-0.3, -0.25) is 9.59 Å². The Labute approximate surface area is 176 Å². The summed E-state index contributed by atoms with van der Waals surface area (Å²) < 4.78 is 6.36. The quantitative estimate of drug-likeness (QED) is 0.775. The number of hydrogen-bond donors (Lipinski definition) is 1. The number of fused-ring (bicyclic) bond motifs is 2. The number of hydrogen-bond acceptors (Lipinski definition) is 4. The Morgan fingerprint density at radius 1 is 1.13 bits per heavy atom. The molecule has 2 saturated heterocycles. The molecule has 2 fully saturated rings. The van der Waals surface area contributed by atoms with Crippen LogP contribution in [0.25, 0.3) is 0 Å². The van der Waals surface area contributed by atoms with Crippen molar-refractivity contribution in [3.8, 4) is 0 Å². The van der Waals surface area contributed by atoms with Gasteiger partial charge in [0.1, 0.15) is 0 Å². The van der Waals surface area contributed by atoms with Crippen LogP contribution >= 0.6 is 0 Å². The van der Waals surface area contributed by atoms with Crippen LogP contribution in [-0.4, -0.2) is 36.2 Å². The molecule has 0 bridgehead atoms. The van der Waals surface area contributed by atoms with Gasteiger partial charge in [0.2, 0.25) is 5.91 Å². The maximum Gasteiger partial charge on any atom is 0.264 e. The summed E-state index contributed by atoms with van der Waals surface area (Å²) in [6, 6.07) is 15.7. The molecule has 2 aromatic rings. The molecular formula is C24H26N2O4. The molecule has 1 N–H and O–H groups in total. The minimum Gasteiger partial charge on any atom is -0.396 e. The second-order valence-corrected chi connectivity index (χ2v) is 8.49. The van der Waals surface area contributed by atoms with Gasteiger partial charge in [0.25, 0.3) is 5.91 Å². The minimum atomic E-state index is -0.972. The number of anilines is 2. The molecule has 30 heavy (non-hydrogen) atoms. The largest absolute Gasteiger partial charge is 0.396 e. The molecule has 0 aliphatic carbocycles. The molecule has 0 unspecified atom stereocenters. The number of carbonyl (C=O) groups excluding carboxylic acids is 2. The summed E-state index contributed by atoms with van der Waals surface area (Å²) in [4.78, 5) is 29.0. The van der Waals surface area contributed by atoms with Crippen LogP contribution in [0, 0.1) is 5.92 Å². The first-order chi connectivity index (χ1) is 14.5. The van der Waals surface area contributed by atoms with Gasteiger partial charge in [0, 0.05) is 36.7 Å². The van der Waals surface area contributed by atoms with Crippen molar-refractivity contribution in [3.63, 3.8) is 0 Å². The fourth-order valence-corrected chi connectivity index (χ4v) is 5.06. The number of para-hydroxylation sites is 1. The molecule has 0 radical (unpaired) electrons. The van der Waals surface area contributed by atoms with Gasteiger partial charge in [-0.25, -0.2) is 0 Å². The van der Waals surface area contributed by atoms with Crippen molar-refractivity contribution in [1.29, 1.82) is 0 Å². The summed E-state index contributed by atoms with van der Waals surface area (Å²) >= 11 is 0. The summed E-state index contributed by atoms with van der Waals surface area (Å²) in [7, 11) is 0. The highest BCUT2D eigenvalue weighted by Crippen LogP contribution is 2.53. The molecule has 3 heterocycles. The zero-order chi connectivity index (χ0) is 20.9. The predicted octanol–water partition coefficient (Wildman–Crippen LogP) is 2.97. The van der Waals surface area contributed by atoms with Crippen LogP contribution < -0.4 is 9.80 Å². The lowest BCUT2D eigenvalue weighted by atomic mass is 9.83. The first kappa shape index (κ1) is 19.3. The molecule has 1 spiro atoms. The minimum absolute atomic E-state index is 0.0290. The molecule has 6 heteroatoms. The van der Waals surface area contributed by atoms with E-state index >= 15 is 0 Å². The Bertz CT molecular complexity index is 989. The lowest BCUT2D eigenvalue weighted by Crippen LogP contribution is -2.44. The normalized spacial score (nSPS) is 27.7. The number of benzene rings is 2. The molecule has 3 aliphatic heterocycles. The van der Waals surface area contributed by atoms with Gasteiger partial charge in [0.05, 0.1) is 18.3 Å². The lowest BCUT2D eigenvalue weighted by molar-refractivity contribution is -0.146. The maximum absolute atomic E-state index is 13.7. The highest BCUT2D eigenvalue weighted by atomic mass is 16.5. The van der Waals surface area contributed by atoms with Crippen molar-refractivity contribution in [1.82, 2.24) is 0 Å². The number of aliphatic hydroxyl groups excluding tert-OH is 1. The Kier molecular flexibility index (Phi) is 4.64. The van der Waals surface area contributed by atoms with Gasteiger partial charge in [-0.2, -0.15) is 0 Å². The van der Waals surface area contributed by atoms with Crippen LogP contribution in [-0.2, 0) is 26.5 Å². The van der Waals surface area contributed by atoms with Crippen LogP contribution in [0.2, 0.25) is 0 Å². The molecule has 156 valence electrons. The van der Waals surface area contributed by atoms with E-state index < -0.39 is 5.60 Å². The van der Waals surface area contributed by atoms with Crippen molar-refractivity contribution < 1.29 is 19.4 Å². The summed E-state index contributed by atoms with van der Waals surface area (Å²) in [5.41, 5.74) is 2.75. The molecule has 0 aromatic heterocycles. The Hall–Kier alpha value is -2.70. The van der Waals surface area contributed by atoms with Gasteiger partial charge in [-0.15, -0.1) is 0 Å². The Morgan fingerprint density at radius 2 is 1.90 bits per heavy atom. The molecule has 3 aliphatic rings. The van der Waals surface area contributed by atoms with E-state index in [-0.39, 0.29) is 30.4 Å². The fraction of sp³-hybridized carbons (Fsp3) is 0.417. The highest BCUT2D eigenvalue weighted by Gasteiger charge is 2.59. The third-order valence-electron chi connectivity index (χ3n) is 6.71. The number of rotatable bonds is 5. The van der Waals surface area contributed by atoms with E-state index in [1.165, 1.54) is 0 Å². The van der Waals surface area contributed by atoms with E-state index in [4.69, 9.17) is 4.74 Å². The molecular weight excluding hydrogens is 380 g/mol. The maximum atomic E-state index is 13.7. The second-order valence-electron chi connectivity index (χ2n) is 8.49. The predicted molar refractivity (Wildman–Crippen MR) is 113 cm³/mol. The van der Waals surface area contributed by atoms with Gasteiger partial charge in [-0.05, 0) is 36.6 Å². The fourth-order valence-electron chi connectivity index (χ4n) is 5.06. The monoisotopic (exact) mass is 406 g/mol. The van der Waals surface area contributed by atoms with Crippen LogP contribution in [0.1, 0.15) is 37.3 Å². The van der Waals surface area contributed by atoms with Crippen molar-refractivity contribution >= 4 is 23.2 Å². The summed E-state index contributed by atoms with van der Waals surface area (Å²) in [6.45, 7) is 3.34. The average molecular weight is 406 g/mol. The number of carbonyl (C=O) groups is 2. The Morgan fingerprint density at radius 3 is 2.57 bits per heavy atom. The lowest BCUT2D eigenvalue weighted by Gasteiger charge is -2.31. The van der Waals surface area contributed by atoms with Gasteiger partial charge in [-0.1, -0.05) is 37.3 Å². The van der Waals surface area contributed by atoms with Crippen LogP contribution in [0.4, 0.5) is 11.4 Å². The van der Waals surface area contributed by atoms with E-state index in [1.54, 1.807) is 4.90 Å². The van der Waals surface area contributed by atoms with Crippen molar-refractivity contribution in [2.24, 2.45) is 5.92 Å². The van der Waals surface area contributed by atoms with Crippen LogP contribution in [0.5, 0.6) is 0 Å². The smallest absolute Gasteiger partial charge is 0.264 e. The van der Waals surface area contributed by atoms with Gasteiger partial charge >= 0.3 is 0 Å². The first-order valence-electron chi connectivity index (χ1n) is 10.6. The number of amides is 2. The van der Waals surface area contributed by atoms with E-state index in [2.05, 4.69) is 6.92 Å². The molecule has 2 amide bonds. The number of nitrogens with zero attached hydrogens (tertiary/aromatic N) is 2. The zero-order valence-corrected chi connectivity index (χ0v) is 17.1. The number of ether oxygens (including phenoxy) is 1. The van der Waals surface area contributed by atoms with Crippen molar-refractivity contribution in [2.75, 3.05) is 23.0 Å². The SMILES string of the molecule is C[C@@H]1C[C@H](CCO)O[C@@]12C(=O)N(Cc1ccc(N3CCC3=O)cc1)c1ccccc12. The van der Waals surface area contributed by atoms with Crippen molar-refractivity contribution in [3.05, 3.63) is 59.7 Å². The standard InChI is InChI=1S/C24H26N2O4/c1-16-14-19(11-13-27)30-24(16)20-4-2-3-5-21(20)26(23(24)29)15-17-6-8-18(9-7-17)25-12-10-22(25)28/h2-9,16,19,27H,10-15H2,1H3/t16-,19+,24+/m1/s1. The average Bonchev–Trinajstić information content (AvgIpc) is 3.19. The summed E-state index contributed by atoms with van der Waals surface area (Å²) in [5, 5.41) is 9.35.